The van der Waals surface area contributed by atoms with Crippen molar-refractivity contribution in [2.75, 3.05) is 26.4 Å². The average Bonchev–Trinajstić information content (AvgIpc) is 3.84. The van der Waals surface area contributed by atoms with Gasteiger partial charge in [0.1, 0.15) is 11.2 Å². The molecule has 2 aliphatic heterocycles. The maximum Gasteiger partial charge on any atom is 0.140 e. The summed E-state index contributed by atoms with van der Waals surface area (Å²) in [6.07, 6.45) is 1.78. The van der Waals surface area contributed by atoms with Crippen LogP contribution in [0.3, 0.4) is 0 Å². The Morgan fingerprint density at radius 2 is 0.886 bits per heavy atom. The lowest BCUT2D eigenvalue weighted by atomic mass is 9.91. The zero-order valence-electron chi connectivity index (χ0n) is 19.9. The first-order chi connectivity index (χ1) is 17.3. The number of ether oxygens (including phenoxy) is 3. The topological polar surface area (TPSA) is 34.3 Å². The summed E-state index contributed by atoms with van der Waals surface area (Å²) in [5, 5.41) is 0. The molecular weight excluding hydrogens is 432 g/mol. The van der Waals surface area contributed by atoms with Gasteiger partial charge in [0.2, 0.25) is 0 Å². The standard InChI is InChI=1S/C32H30O3/c1-3-11-25(12-4-1)19-27-15-7-9-17-29(27)31(23-34-31)21-33-22-32(24-35-32)30-18-10-8-16-28(30)20-26-13-5-2-6-14-26/h1-18H,19-24H2. The molecule has 0 spiro atoms. The molecule has 0 N–H and O–H groups in total. The summed E-state index contributed by atoms with van der Waals surface area (Å²) >= 11 is 0. The minimum absolute atomic E-state index is 0.356. The third-order valence-electron chi connectivity index (χ3n) is 7.15. The summed E-state index contributed by atoms with van der Waals surface area (Å²) in [4.78, 5) is 0. The van der Waals surface area contributed by atoms with Crippen molar-refractivity contribution in [1.29, 1.82) is 0 Å². The van der Waals surface area contributed by atoms with Gasteiger partial charge in [0.05, 0.1) is 26.4 Å². The van der Waals surface area contributed by atoms with E-state index in [1.165, 1.54) is 33.4 Å². The van der Waals surface area contributed by atoms with Crippen LogP contribution >= 0.6 is 0 Å². The zero-order chi connectivity index (χ0) is 23.6. The lowest BCUT2D eigenvalue weighted by molar-refractivity contribution is 0.0399. The van der Waals surface area contributed by atoms with Crippen LogP contribution in [-0.4, -0.2) is 26.4 Å². The highest BCUT2D eigenvalue weighted by Gasteiger charge is 2.51. The monoisotopic (exact) mass is 462 g/mol. The van der Waals surface area contributed by atoms with Crippen LogP contribution in [0.1, 0.15) is 33.4 Å². The lowest BCUT2D eigenvalue weighted by Gasteiger charge is -2.20. The van der Waals surface area contributed by atoms with Crippen LogP contribution < -0.4 is 0 Å². The highest BCUT2D eigenvalue weighted by molar-refractivity contribution is 5.40. The van der Waals surface area contributed by atoms with E-state index in [0.29, 0.717) is 26.4 Å². The van der Waals surface area contributed by atoms with Crippen molar-refractivity contribution in [3.63, 3.8) is 0 Å². The molecule has 4 aromatic rings. The Balaban J connectivity index is 1.15. The third kappa shape index (κ3) is 4.81. The normalized spacial score (nSPS) is 22.6. The van der Waals surface area contributed by atoms with Gasteiger partial charge < -0.3 is 14.2 Å². The maximum absolute atomic E-state index is 6.36. The molecule has 3 nitrogen and oxygen atoms in total. The molecule has 6 rings (SSSR count). The van der Waals surface area contributed by atoms with Gasteiger partial charge in [0.25, 0.3) is 0 Å². The summed E-state index contributed by atoms with van der Waals surface area (Å²) in [6, 6.07) is 38.4. The number of rotatable bonds is 10. The summed E-state index contributed by atoms with van der Waals surface area (Å²) < 4.78 is 18.4. The number of epoxide rings is 2. The van der Waals surface area contributed by atoms with E-state index < -0.39 is 0 Å². The van der Waals surface area contributed by atoms with Gasteiger partial charge in [0, 0.05) is 0 Å². The van der Waals surface area contributed by atoms with Crippen molar-refractivity contribution >= 4 is 0 Å². The second-order valence-electron chi connectivity index (χ2n) is 9.70. The molecule has 2 unspecified atom stereocenters. The summed E-state index contributed by atoms with van der Waals surface area (Å²) in [7, 11) is 0. The number of benzene rings is 4. The Hall–Kier alpha value is -3.24. The third-order valence-corrected chi connectivity index (χ3v) is 7.15. The van der Waals surface area contributed by atoms with Gasteiger partial charge in [-0.1, -0.05) is 109 Å². The molecule has 2 heterocycles. The first-order valence-corrected chi connectivity index (χ1v) is 12.4. The molecule has 35 heavy (non-hydrogen) atoms. The van der Waals surface area contributed by atoms with E-state index in [2.05, 4.69) is 109 Å². The number of hydrogen-bond donors (Lipinski definition) is 0. The molecule has 0 saturated carbocycles. The quantitative estimate of drug-likeness (QED) is 0.270. The Labute approximate surface area is 207 Å². The lowest BCUT2D eigenvalue weighted by Crippen LogP contribution is -2.25. The van der Waals surface area contributed by atoms with E-state index in [9.17, 15) is 0 Å². The molecule has 0 radical (unpaired) electrons. The van der Waals surface area contributed by atoms with Gasteiger partial charge in [-0.25, -0.2) is 0 Å². The van der Waals surface area contributed by atoms with Crippen LogP contribution in [0.4, 0.5) is 0 Å². The predicted octanol–water partition coefficient (Wildman–Crippen LogP) is 6.04. The zero-order valence-corrected chi connectivity index (χ0v) is 19.9. The fourth-order valence-electron chi connectivity index (χ4n) is 5.06. The second-order valence-corrected chi connectivity index (χ2v) is 9.70. The Morgan fingerprint density at radius 3 is 1.29 bits per heavy atom. The van der Waals surface area contributed by atoms with E-state index in [4.69, 9.17) is 14.2 Å². The number of hydrogen-bond acceptors (Lipinski definition) is 3. The summed E-state index contributed by atoms with van der Waals surface area (Å²) in [6.45, 7) is 2.45. The van der Waals surface area contributed by atoms with Crippen LogP contribution in [-0.2, 0) is 38.3 Å². The van der Waals surface area contributed by atoms with Gasteiger partial charge in [-0.3, -0.25) is 0 Å². The van der Waals surface area contributed by atoms with Crippen molar-refractivity contribution in [2.24, 2.45) is 0 Å². The van der Waals surface area contributed by atoms with Crippen molar-refractivity contribution in [3.05, 3.63) is 143 Å². The van der Waals surface area contributed by atoms with E-state index >= 15 is 0 Å². The fourth-order valence-corrected chi connectivity index (χ4v) is 5.06. The second kappa shape index (κ2) is 9.43. The van der Waals surface area contributed by atoms with Crippen LogP contribution in [0.2, 0.25) is 0 Å². The van der Waals surface area contributed by atoms with Crippen LogP contribution in [0.25, 0.3) is 0 Å². The van der Waals surface area contributed by atoms with E-state index in [1.807, 2.05) is 0 Å². The van der Waals surface area contributed by atoms with E-state index in [-0.39, 0.29) is 11.2 Å². The highest BCUT2D eigenvalue weighted by atomic mass is 16.6. The van der Waals surface area contributed by atoms with E-state index in [0.717, 1.165) is 12.8 Å². The van der Waals surface area contributed by atoms with Crippen molar-refractivity contribution in [1.82, 2.24) is 0 Å². The van der Waals surface area contributed by atoms with Gasteiger partial charge in [-0.2, -0.15) is 0 Å². The summed E-state index contributed by atoms with van der Waals surface area (Å²) in [5.41, 5.74) is 6.96. The van der Waals surface area contributed by atoms with Crippen LogP contribution in [0.15, 0.2) is 109 Å². The molecule has 0 aromatic heterocycles. The molecule has 3 heteroatoms. The molecule has 2 aliphatic rings. The first kappa shape index (κ1) is 22.2. The Morgan fingerprint density at radius 1 is 0.514 bits per heavy atom. The molecule has 0 amide bonds. The van der Waals surface area contributed by atoms with Gasteiger partial charge in [0.15, 0.2) is 0 Å². The smallest absolute Gasteiger partial charge is 0.140 e. The van der Waals surface area contributed by atoms with Crippen molar-refractivity contribution < 1.29 is 14.2 Å². The van der Waals surface area contributed by atoms with Gasteiger partial charge in [-0.05, 0) is 46.2 Å². The SMILES string of the molecule is c1ccc(Cc2ccccc2C2(COCC3(c4ccccc4Cc4ccccc4)CO3)CO2)cc1. The minimum atomic E-state index is -0.356. The predicted molar refractivity (Wildman–Crippen MR) is 137 cm³/mol. The molecule has 2 fully saturated rings. The van der Waals surface area contributed by atoms with Gasteiger partial charge in [-0.15, -0.1) is 0 Å². The van der Waals surface area contributed by atoms with Crippen molar-refractivity contribution in [2.45, 2.75) is 24.0 Å². The first-order valence-electron chi connectivity index (χ1n) is 12.4. The molecule has 2 atom stereocenters. The highest BCUT2D eigenvalue weighted by Crippen LogP contribution is 2.44. The molecule has 2 saturated heterocycles. The average molecular weight is 463 g/mol. The molecule has 176 valence electrons. The Kier molecular flexibility index (Phi) is 5.99. The summed E-state index contributed by atoms with van der Waals surface area (Å²) in [5.74, 6) is 0. The molecule has 4 aromatic carbocycles. The molecule has 0 aliphatic carbocycles. The van der Waals surface area contributed by atoms with Gasteiger partial charge >= 0.3 is 0 Å². The Bertz CT molecular complexity index is 1170. The molecule has 0 bridgehead atoms. The van der Waals surface area contributed by atoms with Crippen LogP contribution in [0.5, 0.6) is 0 Å². The largest absolute Gasteiger partial charge is 0.375 e. The maximum atomic E-state index is 6.36. The van der Waals surface area contributed by atoms with E-state index in [1.54, 1.807) is 0 Å². The van der Waals surface area contributed by atoms with Crippen molar-refractivity contribution in [3.8, 4) is 0 Å². The minimum Gasteiger partial charge on any atom is -0.375 e. The fraction of sp³-hybridized carbons (Fsp3) is 0.250. The van der Waals surface area contributed by atoms with Crippen LogP contribution in [0, 0.1) is 0 Å². The molecular formula is C32H30O3.